The molecule has 0 N–H and O–H groups in total. The number of halogens is 4. The molecule has 0 atom stereocenters. The Morgan fingerprint density at radius 3 is 2.62 bits per heavy atom. The van der Waals surface area contributed by atoms with Crippen LogP contribution in [0.3, 0.4) is 0 Å². The maximum atomic E-state index is 12.6. The number of hydrogen-bond acceptors (Lipinski definition) is 3. The Balaban J connectivity index is 2.18. The molecule has 4 nitrogen and oxygen atoms in total. The molecule has 136 valence electrons. The third-order valence-corrected chi connectivity index (χ3v) is 6.00. The van der Waals surface area contributed by atoms with Crippen molar-refractivity contribution in [3.63, 3.8) is 0 Å². The van der Waals surface area contributed by atoms with E-state index in [-0.39, 0.29) is 10.6 Å². The largest absolute Gasteiger partial charge is 0.383 e. The van der Waals surface area contributed by atoms with Crippen molar-refractivity contribution in [2.45, 2.75) is 6.54 Å². The zero-order chi connectivity index (χ0) is 18.8. The van der Waals surface area contributed by atoms with Crippen molar-refractivity contribution in [3.8, 4) is 0 Å². The molecule has 0 spiro atoms. The smallest absolute Gasteiger partial charge is 0.281 e. The molecule has 0 aliphatic rings. The summed E-state index contributed by atoms with van der Waals surface area (Å²) < 4.78 is 7.84. The van der Waals surface area contributed by atoms with Gasteiger partial charge in [-0.25, -0.2) is 0 Å². The van der Waals surface area contributed by atoms with Crippen LogP contribution in [0.4, 0.5) is 0 Å². The van der Waals surface area contributed by atoms with Gasteiger partial charge in [-0.05, 0) is 30.3 Å². The van der Waals surface area contributed by atoms with Gasteiger partial charge in [-0.15, -0.1) is 0 Å². The van der Waals surface area contributed by atoms with Crippen LogP contribution in [-0.2, 0) is 11.3 Å². The third kappa shape index (κ3) is 3.93. The lowest BCUT2D eigenvalue weighted by molar-refractivity contribution is 0.0997. The molecule has 0 aliphatic carbocycles. The van der Waals surface area contributed by atoms with Gasteiger partial charge in [0.15, 0.2) is 4.80 Å². The molecular formula is C17H12Cl4N2O2S. The molecule has 0 saturated heterocycles. The second-order valence-corrected chi connectivity index (χ2v) is 7.92. The summed E-state index contributed by atoms with van der Waals surface area (Å²) in [6, 6.07) is 8.21. The van der Waals surface area contributed by atoms with Crippen molar-refractivity contribution in [2.24, 2.45) is 4.99 Å². The van der Waals surface area contributed by atoms with Crippen LogP contribution in [0.1, 0.15) is 10.4 Å². The minimum absolute atomic E-state index is 0.247. The summed E-state index contributed by atoms with van der Waals surface area (Å²) in [4.78, 5) is 17.3. The van der Waals surface area contributed by atoms with Crippen LogP contribution >= 0.6 is 57.7 Å². The van der Waals surface area contributed by atoms with Crippen LogP contribution in [0.5, 0.6) is 0 Å². The molecule has 0 fully saturated rings. The Kier molecular flexibility index (Phi) is 6.28. The first kappa shape index (κ1) is 19.7. The highest BCUT2D eigenvalue weighted by atomic mass is 35.5. The monoisotopic (exact) mass is 448 g/mol. The summed E-state index contributed by atoms with van der Waals surface area (Å²) in [6.45, 7) is 0.898. The van der Waals surface area contributed by atoms with E-state index in [0.717, 1.165) is 10.2 Å². The van der Waals surface area contributed by atoms with Gasteiger partial charge in [0, 0.05) is 18.7 Å². The molecule has 3 rings (SSSR count). The number of amides is 1. The molecule has 0 unspecified atom stereocenters. The minimum Gasteiger partial charge on any atom is -0.383 e. The van der Waals surface area contributed by atoms with Gasteiger partial charge in [0.25, 0.3) is 5.91 Å². The van der Waals surface area contributed by atoms with E-state index in [9.17, 15) is 4.79 Å². The van der Waals surface area contributed by atoms with E-state index < -0.39 is 5.91 Å². The highest BCUT2D eigenvalue weighted by molar-refractivity contribution is 7.16. The van der Waals surface area contributed by atoms with Crippen LogP contribution in [0, 0.1) is 0 Å². The number of thiazole rings is 1. The van der Waals surface area contributed by atoms with E-state index in [1.54, 1.807) is 25.3 Å². The Hall–Kier alpha value is -1.08. The second kappa shape index (κ2) is 8.30. The number of nitrogens with zero attached hydrogens (tertiary/aromatic N) is 2. The molecule has 1 aromatic heterocycles. The predicted octanol–water partition coefficient (Wildman–Crippen LogP) is 5.70. The maximum absolute atomic E-state index is 12.6. The van der Waals surface area contributed by atoms with Gasteiger partial charge in [-0.1, -0.05) is 57.7 Å². The van der Waals surface area contributed by atoms with E-state index >= 15 is 0 Å². The summed E-state index contributed by atoms with van der Waals surface area (Å²) in [7, 11) is 1.60. The van der Waals surface area contributed by atoms with Crippen molar-refractivity contribution in [1.82, 2.24) is 4.57 Å². The Bertz CT molecular complexity index is 1060. The molecule has 0 radical (unpaired) electrons. The van der Waals surface area contributed by atoms with Gasteiger partial charge < -0.3 is 9.30 Å². The van der Waals surface area contributed by atoms with Crippen LogP contribution < -0.4 is 4.80 Å². The fourth-order valence-corrected chi connectivity index (χ4v) is 4.42. The van der Waals surface area contributed by atoms with Gasteiger partial charge >= 0.3 is 0 Å². The van der Waals surface area contributed by atoms with Crippen molar-refractivity contribution in [1.29, 1.82) is 0 Å². The Morgan fingerprint density at radius 1 is 1.15 bits per heavy atom. The van der Waals surface area contributed by atoms with E-state index in [1.165, 1.54) is 17.4 Å². The maximum Gasteiger partial charge on any atom is 0.281 e. The summed E-state index contributed by atoms with van der Waals surface area (Å²) in [5.41, 5.74) is 0.992. The number of ether oxygens (including phenoxy) is 1. The van der Waals surface area contributed by atoms with E-state index in [4.69, 9.17) is 51.1 Å². The van der Waals surface area contributed by atoms with Crippen molar-refractivity contribution in [2.75, 3.05) is 13.7 Å². The molecule has 1 heterocycles. The fourth-order valence-electron chi connectivity index (χ4n) is 2.39. The number of methoxy groups -OCH3 is 1. The molecule has 9 heteroatoms. The van der Waals surface area contributed by atoms with Crippen molar-refractivity contribution >= 4 is 73.9 Å². The molecular weight excluding hydrogens is 438 g/mol. The first-order valence-electron chi connectivity index (χ1n) is 7.42. The molecule has 0 saturated carbocycles. The Morgan fingerprint density at radius 2 is 1.92 bits per heavy atom. The molecule has 1 amide bonds. The average Bonchev–Trinajstić information content (AvgIpc) is 2.94. The number of fused-ring (bicyclic) bond motifs is 1. The highest BCUT2D eigenvalue weighted by Crippen LogP contribution is 2.32. The summed E-state index contributed by atoms with van der Waals surface area (Å²) in [5, 5.41) is 1.54. The number of carbonyl (C=O) groups is 1. The Labute approximate surface area is 173 Å². The van der Waals surface area contributed by atoms with E-state index in [1.807, 2.05) is 10.6 Å². The lowest BCUT2D eigenvalue weighted by Crippen LogP contribution is -2.19. The van der Waals surface area contributed by atoms with Gasteiger partial charge in [0.1, 0.15) is 0 Å². The predicted molar refractivity (Wildman–Crippen MR) is 108 cm³/mol. The molecule has 0 bridgehead atoms. The number of hydrogen-bond donors (Lipinski definition) is 0. The quantitative estimate of drug-likeness (QED) is 0.512. The molecule has 2 aromatic carbocycles. The SMILES string of the molecule is COCCn1c(=NC(=O)c2ccc(Cl)cc2Cl)sc2ccc(Cl)c(Cl)c21. The normalized spacial score (nSPS) is 12.1. The zero-order valence-electron chi connectivity index (χ0n) is 13.4. The number of benzene rings is 2. The van der Waals surface area contributed by atoms with Gasteiger partial charge in [0.05, 0.1) is 37.5 Å². The third-order valence-electron chi connectivity index (χ3n) is 3.61. The summed E-state index contributed by atoms with van der Waals surface area (Å²) >= 11 is 25.8. The highest BCUT2D eigenvalue weighted by Gasteiger charge is 2.15. The minimum atomic E-state index is -0.466. The van der Waals surface area contributed by atoms with Crippen LogP contribution in [0.25, 0.3) is 10.2 Å². The standard InChI is InChI=1S/C17H12Cl4N2O2S/c1-25-7-6-23-15-13(5-4-11(19)14(15)21)26-17(23)22-16(24)10-3-2-9(18)8-12(10)20/h2-5,8H,6-7H2,1H3. The first-order chi connectivity index (χ1) is 12.4. The number of carbonyl (C=O) groups excluding carboxylic acids is 1. The van der Waals surface area contributed by atoms with E-state index in [0.29, 0.717) is 33.0 Å². The van der Waals surface area contributed by atoms with E-state index in [2.05, 4.69) is 4.99 Å². The van der Waals surface area contributed by atoms with Gasteiger partial charge in [-0.3, -0.25) is 4.79 Å². The van der Waals surface area contributed by atoms with Crippen LogP contribution in [-0.4, -0.2) is 24.2 Å². The van der Waals surface area contributed by atoms with Gasteiger partial charge in [0.2, 0.25) is 0 Å². The van der Waals surface area contributed by atoms with Crippen molar-refractivity contribution in [3.05, 3.63) is 60.8 Å². The van der Waals surface area contributed by atoms with Crippen molar-refractivity contribution < 1.29 is 9.53 Å². The number of rotatable bonds is 4. The average molecular weight is 450 g/mol. The van der Waals surface area contributed by atoms with Crippen LogP contribution in [0.15, 0.2) is 35.3 Å². The zero-order valence-corrected chi connectivity index (χ0v) is 17.3. The summed E-state index contributed by atoms with van der Waals surface area (Å²) in [6.07, 6.45) is 0. The van der Waals surface area contributed by atoms with Crippen LogP contribution in [0.2, 0.25) is 20.1 Å². The fraction of sp³-hybridized carbons (Fsp3) is 0.176. The second-order valence-electron chi connectivity index (χ2n) is 5.28. The molecule has 0 aliphatic heterocycles. The lowest BCUT2D eigenvalue weighted by Gasteiger charge is -2.06. The lowest BCUT2D eigenvalue weighted by atomic mass is 10.2. The van der Waals surface area contributed by atoms with Gasteiger partial charge in [-0.2, -0.15) is 4.99 Å². The first-order valence-corrected chi connectivity index (χ1v) is 9.75. The molecule has 3 aromatic rings. The summed E-state index contributed by atoms with van der Waals surface area (Å²) in [5.74, 6) is -0.466. The topological polar surface area (TPSA) is 43.6 Å². The molecule has 26 heavy (non-hydrogen) atoms. The number of aromatic nitrogens is 1.